The van der Waals surface area contributed by atoms with Crippen molar-refractivity contribution in [2.45, 2.75) is 25.8 Å². The number of nitrogens with two attached hydrogens (primary N) is 1. The van der Waals surface area contributed by atoms with Crippen LogP contribution in [0, 0.1) is 0 Å². The molecule has 0 bridgehead atoms. The van der Waals surface area contributed by atoms with Gasteiger partial charge in [-0.15, -0.1) is 0 Å². The fourth-order valence-electron chi connectivity index (χ4n) is 1.42. The molecule has 1 unspecified atom stereocenters. The molecule has 1 aromatic carbocycles. The molecule has 0 spiro atoms. The van der Waals surface area contributed by atoms with Crippen molar-refractivity contribution in [2.24, 2.45) is 5.73 Å². The van der Waals surface area contributed by atoms with Gasteiger partial charge in [0.15, 0.2) is 0 Å². The standard InChI is InChI=1S/C12H17NO3/c1-3-16-10-7-5-4-6-9(10)8-12(2,13)11(14)15/h4-7H,3,8,13H2,1-2H3,(H,14,15). The lowest BCUT2D eigenvalue weighted by Gasteiger charge is -2.20. The fraction of sp³-hybridized carbons (Fsp3) is 0.417. The highest BCUT2D eigenvalue weighted by molar-refractivity contribution is 5.78. The Morgan fingerprint density at radius 2 is 2.12 bits per heavy atom. The first-order chi connectivity index (χ1) is 7.47. The van der Waals surface area contributed by atoms with E-state index in [1.54, 1.807) is 0 Å². The SMILES string of the molecule is CCOc1ccccc1CC(C)(N)C(=O)O. The van der Waals surface area contributed by atoms with Crippen molar-refractivity contribution in [3.05, 3.63) is 29.8 Å². The Labute approximate surface area is 95.0 Å². The summed E-state index contributed by atoms with van der Waals surface area (Å²) in [5.41, 5.74) is 5.25. The van der Waals surface area contributed by atoms with Crippen molar-refractivity contribution in [3.63, 3.8) is 0 Å². The maximum atomic E-state index is 10.9. The Morgan fingerprint density at radius 3 is 2.69 bits per heavy atom. The number of benzene rings is 1. The molecule has 0 aliphatic carbocycles. The van der Waals surface area contributed by atoms with Gasteiger partial charge in [-0.05, 0) is 25.5 Å². The lowest BCUT2D eigenvalue weighted by molar-refractivity contribution is -0.142. The zero-order valence-corrected chi connectivity index (χ0v) is 9.56. The molecule has 0 aromatic heterocycles. The predicted octanol–water partition coefficient (Wildman–Crippen LogP) is 1.43. The third-order valence-corrected chi connectivity index (χ3v) is 2.32. The van der Waals surface area contributed by atoms with Crippen LogP contribution in [-0.2, 0) is 11.2 Å². The molecular formula is C12H17NO3. The normalized spacial score (nSPS) is 14.2. The van der Waals surface area contributed by atoms with E-state index in [9.17, 15) is 4.79 Å². The number of para-hydroxylation sites is 1. The zero-order valence-electron chi connectivity index (χ0n) is 9.56. The molecule has 88 valence electrons. The average molecular weight is 223 g/mol. The third kappa shape index (κ3) is 2.97. The van der Waals surface area contributed by atoms with Crippen molar-refractivity contribution < 1.29 is 14.6 Å². The number of rotatable bonds is 5. The molecule has 4 heteroatoms. The van der Waals surface area contributed by atoms with Crippen LogP contribution in [0.3, 0.4) is 0 Å². The second-order valence-electron chi connectivity index (χ2n) is 3.94. The molecule has 16 heavy (non-hydrogen) atoms. The highest BCUT2D eigenvalue weighted by atomic mass is 16.5. The van der Waals surface area contributed by atoms with Crippen LogP contribution >= 0.6 is 0 Å². The van der Waals surface area contributed by atoms with Gasteiger partial charge in [0.2, 0.25) is 0 Å². The number of aliphatic carboxylic acids is 1. The van der Waals surface area contributed by atoms with E-state index in [0.29, 0.717) is 12.4 Å². The van der Waals surface area contributed by atoms with E-state index in [2.05, 4.69) is 0 Å². The molecule has 0 saturated heterocycles. The van der Waals surface area contributed by atoms with Gasteiger partial charge in [-0.2, -0.15) is 0 Å². The van der Waals surface area contributed by atoms with E-state index in [-0.39, 0.29) is 6.42 Å². The first-order valence-corrected chi connectivity index (χ1v) is 5.20. The van der Waals surface area contributed by atoms with Crippen LogP contribution in [0.25, 0.3) is 0 Å². The number of carbonyl (C=O) groups is 1. The van der Waals surface area contributed by atoms with Gasteiger partial charge in [0, 0.05) is 6.42 Å². The molecule has 0 amide bonds. The summed E-state index contributed by atoms with van der Waals surface area (Å²) in [5.74, 6) is -0.318. The fourth-order valence-corrected chi connectivity index (χ4v) is 1.42. The predicted molar refractivity (Wildman–Crippen MR) is 61.5 cm³/mol. The molecule has 0 radical (unpaired) electrons. The minimum Gasteiger partial charge on any atom is -0.494 e. The second-order valence-corrected chi connectivity index (χ2v) is 3.94. The van der Waals surface area contributed by atoms with Gasteiger partial charge in [0.25, 0.3) is 0 Å². The summed E-state index contributed by atoms with van der Waals surface area (Å²) in [4.78, 5) is 10.9. The van der Waals surface area contributed by atoms with Gasteiger partial charge >= 0.3 is 5.97 Å². The number of carboxylic acids is 1. The molecule has 0 fully saturated rings. The van der Waals surface area contributed by atoms with Crippen LogP contribution in [-0.4, -0.2) is 23.2 Å². The summed E-state index contributed by atoms with van der Waals surface area (Å²) in [5, 5.41) is 8.96. The van der Waals surface area contributed by atoms with Crippen LogP contribution in [0.15, 0.2) is 24.3 Å². The molecule has 0 saturated carbocycles. The molecule has 1 atom stereocenters. The molecule has 0 aliphatic rings. The van der Waals surface area contributed by atoms with E-state index < -0.39 is 11.5 Å². The van der Waals surface area contributed by atoms with Crippen LogP contribution in [0.1, 0.15) is 19.4 Å². The topological polar surface area (TPSA) is 72.5 Å². The summed E-state index contributed by atoms with van der Waals surface area (Å²) >= 11 is 0. The monoisotopic (exact) mass is 223 g/mol. The maximum Gasteiger partial charge on any atom is 0.323 e. The molecule has 0 aliphatic heterocycles. The van der Waals surface area contributed by atoms with Crippen LogP contribution in [0.2, 0.25) is 0 Å². The summed E-state index contributed by atoms with van der Waals surface area (Å²) < 4.78 is 5.41. The lowest BCUT2D eigenvalue weighted by atomic mass is 9.93. The summed E-state index contributed by atoms with van der Waals surface area (Å²) in [7, 11) is 0. The first kappa shape index (κ1) is 12.5. The molecule has 1 aromatic rings. The summed E-state index contributed by atoms with van der Waals surface area (Å²) in [6.07, 6.45) is 0.249. The van der Waals surface area contributed by atoms with Crippen molar-refractivity contribution in [2.75, 3.05) is 6.61 Å². The van der Waals surface area contributed by atoms with Crippen LogP contribution in [0.5, 0.6) is 5.75 Å². The van der Waals surface area contributed by atoms with E-state index in [1.807, 2.05) is 31.2 Å². The molecular weight excluding hydrogens is 206 g/mol. The quantitative estimate of drug-likeness (QED) is 0.792. The zero-order chi connectivity index (χ0) is 12.2. The van der Waals surface area contributed by atoms with Crippen molar-refractivity contribution in [3.8, 4) is 5.75 Å². The molecule has 4 nitrogen and oxygen atoms in total. The Hall–Kier alpha value is -1.55. The number of ether oxygens (including phenoxy) is 1. The average Bonchev–Trinajstić information content (AvgIpc) is 2.20. The second kappa shape index (κ2) is 4.99. The Balaban J connectivity index is 2.92. The third-order valence-electron chi connectivity index (χ3n) is 2.32. The molecule has 1 rings (SSSR count). The van der Waals surface area contributed by atoms with E-state index in [4.69, 9.17) is 15.6 Å². The van der Waals surface area contributed by atoms with Gasteiger partial charge in [-0.3, -0.25) is 4.79 Å². The highest BCUT2D eigenvalue weighted by Crippen LogP contribution is 2.22. The lowest BCUT2D eigenvalue weighted by Crippen LogP contribution is -2.46. The smallest absolute Gasteiger partial charge is 0.323 e. The Kier molecular flexibility index (Phi) is 3.90. The van der Waals surface area contributed by atoms with E-state index in [1.165, 1.54) is 6.92 Å². The minimum atomic E-state index is -1.27. The van der Waals surface area contributed by atoms with Crippen molar-refractivity contribution in [1.82, 2.24) is 0 Å². The maximum absolute atomic E-state index is 10.9. The number of hydrogen-bond acceptors (Lipinski definition) is 3. The number of carboxylic acid groups (broad SMARTS) is 1. The van der Waals surface area contributed by atoms with E-state index in [0.717, 1.165) is 5.56 Å². The van der Waals surface area contributed by atoms with Gasteiger partial charge in [0.1, 0.15) is 11.3 Å². The Morgan fingerprint density at radius 1 is 1.50 bits per heavy atom. The highest BCUT2D eigenvalue weighted by Gasteiger charge is 2.29. The largest absolute Gasteiger partial charge is 0.494 e. The number of hydrogen-bond donors (Lipinski definition) is 2. The van der Waals surface area contributed by atoms with Crippen LogP contribution < -0.4 is 10.5 Å². The van der Waals surface area contributed by atoms with Gasteiger partial charge in [0.05, 0.1) is 6.61 Å². The molecule has 3 N–H and O–H groups in total. The summed E-state index contributed by atoms with van der Waals surface area (Å²) in [6, 6.07) is 7.34. The molecule has 0 heterocycles. The van der Waals surface area contributed by atoms with Crippen LogP contribution in [0.4, 0.5) is 0 Å². The summed E-state index contributed by atoms with van der Waals surface area (Å²) in [6.45, 7) is 3.93. The van der Waals surface area contributed by atoms with Crippen molar-refractivity contribution in [1.29, 1.82) is 0 Å². The van der Waals surface area contributed by atoms with Crippen molar-refractivity contribution >= 4 is 5.97 Å². The minimum absolute atomic E-state index is 0.249. The van der Waals surface area contributed by atoms with E-state index >= 15 is 0 Å². The first-order valence-electron chi connectivity index (χ1n) is 5.20. The van der Waals surface area contributed by atoms with Gasteiger partial charge < -0.3 is 15.6 Å². The van der Waals surface area contributed by atoms with Gasteiger partial charge in [-0.1, -0.05) is 18.2 Å². The Bertz CT molecular complexity index is 374. The van der Waals surface area contributed by atoms with Gasteiger partial charge in [-0.25, -0.2) is 0 Å².